The van der Waals surface area contributed by atoms with Crippen molar-refractivity contribution in [3.8, 4) is 0 Å². The second-order valence-electron chi connectivity index (χ2n) is 5.03. The van der Waals surface area contributed by atoms with Crippen LogP contribution in [0.15, 0.2) is 42.5 Å². The smallest absolute Gasteiger partial charge is 0.319 e. The van der Waals surface area contributed by atoms with Crippen molar-refractivity contribution >= 4 is 11.7 Å². The number of hydrogen-bond acceptors (Lipinski definition) is 1. The van der Waals surface area contributed by atoms with Gasteiger partial charge in [0.1, 0.15) is 11.6 Å². The van der Waals surface area contributed by atoms with Crippen LogP contribution in [0.25, 0.3) is 0 Å². The quantitative estimate of drug-likeness (QED) is 0.852. The molecule has 3 nitrogen and oxygen atoms in total. The van der Waals surface area contributed by atoms with Gasteiger partial charge in [-0.05, 0) is 41.8 Å². The highest BCUT2D eigenvalue weighted by Gasteiger charge is 2.04. The molecule has 2 aromatic rings. The van der Waals surface area contributed by atoms with Gasteiger partial charge in [0.25, 0.3) is 0 Å². The molecule has 0 aliphatic rings. The first-order valence-electron chi connectivity index (χ1n) is 7.15. The highest BCUT2D eigenvalue weighted by molar-refractivity contribution is 5.89. The largest absolute Gasteiger partial charge is 0.334 e. The minimum Gasteiger partial charge on any atom is -0.334 e. The number of rotatable bonds is 5. The molecule has 0 aliphatic heterocycles. The van der Waals surface area contributed by atoms with Crippen LogP contribution >= 0.6 is 0 Å². The molecule has 2 aromatic carbocycles. The monoisotopic (exact) mass is 304 g/mol. The topological polar surface area (TPSA) is 41.1 Å². The minimum atomic E-state index is -0.663. The van der Waals surface area contributed by atoms with Crippen molar-refractivity contribution < 1.29 is 13.6 Å². The van der Waals surface area contributed by atoms with Gasteiger partial charge >= 0.3 is 6.03 Å². The molecule has 0 saturated carbocycles. The Hall–Kier alpha value is -2.43. The molecule has 0 atom stereocenters. The van der Waals surface area contributed by atoms with Crippen LogP contribution < -0.4 is 10.6 Å². The van der Waals surface area contributed by atoms with Gasteiger partial charge in [0.15, 0.2) is 0 Å². The van der Waals surface area contributed by atoms with Gasteiger partial charge in [0.05, 0.1) is 0 Å². The van der Waals surface area contributed by atoms with Crippen LogP contribution in [-0.4, -0.2) is 6.03 Å². The maximum atomic E-state index is 13.0. The van der Waals surface area contributed by atoms with E-state index in [4.69, 9.17) is 0 Å². The number of urea groups is 1. The van der Waals surface area contributed by atoms with E-state index >= 15 is 0 Å². The first-order chi connectivity index (χ1) is 10.6. The summed E-state index contributed by atoms with van der Waals surface area (Å²) >= 11 is 0. The van der Waals surface area contributed by atoms with Crippen molar-refractivity contribution in [3.05, 3.63) is 65.2 Å². The van der Waals surface area contributed by atoms with Crippen LogP contribution in [0.3, 0.4) is 0 Å². The lowest BCUT2D eigenvalue weighted by Crippen LogP contribution is -2.28. The molecule has 0 saturated heterocycles. The van der Waals surface area contributed by atoms with Crippen molar-refractivity contribution in [1.82, 2.24) is 5.32 Å². The fourth-order valence-corrected chi connectivity index (χ4v) is 2.11. The Morgan fingerprint density at radius 2 is 1.64 bits per heavy atom. The maximum absolute atomic E-state index is 13.0. The van der Waals surface area contributed by atoms with Gasteiger partial charge in [-0.1, -0.05) is 25.5 Å². The van der Waals surface area contributed by atoms with Gasteiger partial charge < -0.3 is 10.6 Å². The van der Waals surface area contributed by atoms with Gasteiger partial charge in [0.2, 0.25) is 0 Å². The maximum Gasteiger partial charge on any atom is 0.319 e. The number of amides is 2. The number of carbonyl (C=O) groups excluding carboxylic acids is 1. The van der Waals surface area contributed by atoms with Gasteiger partial charge in [-0.15, -0.1) is 0 Å². The summed E-state index contributed by atoms with van der Waals surface area (Å²) < 4.78 is 26.1. The number of halogens is 2. The van der Waals surface area contributed by atoms with Crippen LogP contribution in [0.5, 0.6) is 0 Å². The van der Waals surface area contributed by atoms with E-state index in [0.29, 0.717) is 11.3 Å². The summed E-state index contributed by atoms with van der Waals surface area (Å²) in [7, 11) is 0. The van der Waals surface area contributed by atoms with Crippen molar-refractivity contribution in [1.29, 1.82) is 0 Å². The Labute approximate surface area is 128 Å². The Bertz CT molecular complexity index is 621. The normalized spacial score (nSPS) is 10.3. The number of benzene rings is 2. The zero-order valence-electron chi connectivity index (χ0n) is 12.3. The van der Waals surface area contributed by atoms with Gasteiger partial charge in [-0.2, -0.15) is 0 Å². The molecule has 0 fully saturated rings. The molecule has 22 heavy (non-hydrogen) atoms. The summed E-state index contributed by atoms with van der Waals surface area (Å²) in [5.74, 6) is -1.33. The molecular formula is C17H18F2N2O. The summed E-state index contributed by atoms with van der Waals surface area (Å²) in [5, 5.41) is 5.23. The molecule has 0 radical (unpaired) electrons. The van der Waals surface area contributed by atoms with E-state index in [2.05, 4.69) is 17.6 Å². The van der Waals surface area contributed by atoms with Crippen molar-refractivity contribution in [2.75, 3.05) is 5.32 Å². The van der Waals surface area contributed by atoms with Gasteiger partial charge in [0, 0.05) is 18.3 Å². The second-order valence-corrected chi connectivity index (χ2v) is 5.03. The molecule has 116 valence electrons. The second kappa shape index (κ2) is 7.54. The summed E-state index contributed by atoms with van der Waals surface area (Å²) in [6, 6.07) is 10.3. The average molecular weight is 304 g/mol. The Morgan fingerprint density at radius 1 is 1.00 bits per heavy atom. The lowest BCUT2D eigenvalue weighted by molar-refractivity contribution is 0.251. The van der Waals surface area contributed by atoms with Crippen LogP contribution in [0.1, 0.15) is 24.5 Å². The first-order valence-corrected chi connectivity index (χ1v) is 7.15. The zero-order valence-corrected chi connectivity index (χ0v) is 12.3. The van der Waals surface area contributed by atoms with E-state index in [1.54, 1.807) is 0 Å². The lowest BCUT2D eigenvalue weighted by atomic mass is 10.1. The molecule has 0 bridgehead atoms. The third kappa shape index (κ3) is 4.84. The molecule has 0 aromatic heterocycles. The first kappa shape index (κ1) is 15.9. The molecule has 2 rings (SSSR count). The summed E-state index contributed by atoms with van der Waals surface area (Å²) in [5.41, 5.74) is 2.25. The van der Waals surface area contributed by atoms with Crippen LogP contribution in [0, 0.1) is 11.6 Å². The van der Waals surface area contributed by atoms with Crippen molar-refractivity contribution in [2.45, 2.75) is 26.3 Å². The van der Waals surface area contributed by atoms with E-state index in [-0.39, 0.29) is 6.54 Å². The molecule has 0 unspecified atom stereocenters. The number of aryl methyl sites for hydroxylation is 1. The Kier molecular flexibility index (Phi) is 5.47. The minimum absolute atomic E-state index is 0.0500. The number of hydrogen-bond donors (Lipinski definition) is 2. The molecule has 5 heteroatoms. The lowest BCUT2D eigenvalue weighted by Gasteiger charge is -2.08. The average Bonchev–Trinajstić information content (AvgIpc) is 2.47. The number of carbonyl (C=O) groups is 1. The zero-order chi connectivity index (χ0) is 15.9. The Balaban J connectivity index is 1.87. The third-order valence-electron chi connectivity index (χ3n) is 3.13. The van der Waals surface area contributed by atoms with Crippen molar-refractivity contribution in [3.63, 3.8) is 0 Å². The molecule has 0 heterocycles. The number of nitrogens with one attached hydrogen (secondary N) is 2. The van der Waals surface area contributed by atoms with E-state index in [1.807, 2.05) is 24.3 Å². The van der Waals surface area contributed by atoms with E-state index in [1.165, 1.54) is 17.7 Å². The third-order valence-corrected chi connectivity index (χ3v) is 3.13. The van der Waals surface area contributed by atoms with E-state index in [9.17, 15) is 13.6 Å². The molecule has 2 N–H and O–H groups in total. The molecule has 0 spiro atoms. The molecule has 2 amide bonds. The van der Waals surface area contributed by atoms with Crippen LogP contribution in [-0.2, 0) is 13.0 Å². The molecular weight excluding hydrogens is 286 g/mol. The highest BCUT2D eigenvalue weighted by atomic mass is 19.1. The predicted molar refractivity (Wildman–Crippen MR) is 82.7 cm³/mol. The summed E-state index contributed by atoms with van der Waals surface area (Å²) in [4.78, 5) is 11.8. The highest BCUT2D eigenvalue weighted by Crippen LogP contribution is 2.11. The Morgan fingerprint density at radius 3 is 2.23 bits per heavy atom. The SMILES string of the molecule is CCCc1ccc(NC(=O)NCc2cc(F)cc(F)c2)cc1. The fourth-order valence-electron chi connectivity index (χ4n) is 2.11. The van der Waals surface area contributed by atoms with Crippen LogP contribution in [0.4, 0.5) is 19.3 Å². The van der Waals surface area contributed by atoms with Crippen LogP contribution in [0.2, 0.25) is 0 Å². The number of anilines is 1. The van der Waals surface area contributed by atoms with E-state index in [0.717, 1.165) is 18.9 Å². The van der Waals surface area contributed by atoms with Crippen molar-refractivity contribution in [2.24, 2.45) is 0 Å². The summed E-state index contributed by atoms with van der Waals surface area (Å²) in [6.45, 7) is 2.16. The van der Waals surface area contributed by atoms with E-state index < -0.39 is 17.7 Å². The summed E-state index contributed by atoms with van der Waals surface area (Å²) in [6.07, 6.45) is 2.06. The van der Waals surface area contributed by atoms with Gasteiger partial charge in [-0.25, -0.2) is 13.6 Å². The standard InChI is InChI=1S/C17H18F2N2O/c1-2-3-12-4-6-16(7-5-12)21-17(22)20-11-13-8-14(18)10-15(19)9-13/h4-10H,2-3,11H2,1H3,(H2,20,21,22). The molecule has 0 aliphatic carbocycles. The fraction of sp³-hybridized carbons (Fsp3) is 0.235. The van der Waals surface area contributed by atoms with Gasteiger partial charge in [-0.3, -0.25) is 0 Å². The predicted octanol–water partition coefficient (Wildman–Crippen LogP) is 4.24.